The van der Waals surface area contributed by atoms with E-state index in [0.717, 1.165) is 0 Å². The molecule has 1 saturated heterocycles. The summed E-state index contributed by atoms with van der Waals surface area (Å²) in [4.78, 5) is 0. The van der Waals surface area contributed by atoms with Gasteiger partial charge in [0.1, 0.15) is 18.3 Å². The number of hydrogen-bond acceptors (Lipinski definition) is 4. The summed E-state index contributed by atoms with van der Waals surface area (Å²) < 4.78 is 5.49. The van der Waals surface area contributed by atoms with Gasteiger partial charge in [0.05, 0.1) is 12.2 Å². The molecule has 0 aromatic rings. The van der Waals surface area contributed by atoms with E-state index >= 15 is 0 Å². The summed E-state index contributed by atoms with van der Waals surface area (Å²) in [6, 6.07) is 0. The lowest BCUT2D eigenvalue weighted by molar-refractivity contribution is -0.239. The van der Waals surface area contributed by atoms with E-state index in [1.165, 1.54) is 0 Å². The first-order valence-electron chi connectivity index (χ1n) is 4.95. The third-order valence-corrected chi connectivity index (χ3v) is 2.71. The van der Waals surface area contributed by atoms with Crippen molar-refractivity contribution in [3.8, 4) is 0 Å². The molecular formula is C10H20O4. The molecule has 0 aromatic heterocycles. The van der Waals surface area contributed by atoms with Crippen LogP contribution in [0.1, 0.15) is 27.7 Å². The van der Waals surface area contributed by atoms with E-state index in [2.05, 4.69) is 0 Å². The van der Waals surface area contributed by atoms with Crippen molar-refractivity contribution in [2.24, 2.45) is 5.41 Å². The maximum Gasteiger partial charge on any atom is 0.111 e. The van der Waals surface area contributed by atoms with Gasteiger partial charge in [-0.2, -0.15) is 0 Å². The molecule has 0 amide bonds. The fourth-order valence-electron chi connectivity index (χ4n) is 1.77. The molecule has 1 aliphatic rings. The highest BCUT2D eigenvalue weighted by Gasteiger charge is 2.46. The normalized spacial score (nSPS) is 45.2. The van der Waals surface area contributed by atoms with Gasteiger partial charge in [0, 0.05) is 0 Å². The summed E-state index contributed by atoms with van der Waals surface area (Å²) in [5.41, 5.74) is -0.255. The van der Waals surface area contributed by atoms with Crippen molar-refractivity contribution in [2.45, 2.75) is 58.2 Å². The van der Waals surface area contributed by atoms with Crippen molar-refractivity contribution in [3.05, 3.63) is 0 Å². The van der Waals surface area contributed by atoms with Gasteiger partial charge in [-0.1, -0.05) is 20.8 Å². The number of ether oxygens (including phenoxy) is 1. The molecule has 1 heterocycles. The van der Waals surface area contributed by atoms with Gasteiger partial charge in [0.25, 0.3) is 0 Å². The van der Waals surface area contributed by atoms with Crippen LogP contribution in [0.25, 0.3) is 0 Å². The van der Waals surface area contributed by atoms with Gasteiger partial charge < -0.3 is 20.1 Å². The van der Waals surface area contributed by atoms with Crippen molar-refractivity contribution in [1.29, 1.82) is 0 Å². The molecule has 1 aliphatic heterocycles. The Labute approximate surface area is 84.5 Å². The van der Waals surface area contributed by atoms with Gasteiger partial charge in [-0.25, -0.2) is 0 Å². The van der Waals surface area contributed by atoms with Gasteiger partial charge in [-0.15, -0.1) is 0 Å². The Hall–Kier alpha value is -0.160. The lowest BCUT2D eigenvalue weighted by Crippen LogP contribution is -2.59. The molecule has 0 aliphatic carbocycles. The second kappa shape index (κ2) is 3.77. The molecule has 1 fully saturated rings. The van der Waals surface area contributed by atoms with E-state index in [1.807, 2.05) is 20.8 Å². The second-order valence-corrected chi connectivity index (χ2v) is 5.10. The van der Waals surface area contributed by atoms with Crippen LogP contribution in [0.15, 0.2) is 0 Å². The zero-order valence-electron chi connectivity index (χ0n) is 9.14. The fraction of sp³-hybridized carbons (Fsp3) is 1.00. The summed E-state index contributed by atoms with van der Waals surface area (Å²) in [6.07, 6.45) is -4.05. The molecule has 0 radical (unpaired) electrons. The minimum absolute atomic E-state index is 0.255. The Morgan fingerprint density at radius 2 is 1.43 bits per heavy atom. The van der Waals surface area contributed by atoms with E-state index < -0.39 is 30.5 Å². The summed E-state index contributed by atoms with van der Waals surface area (Å²) in [7, 11) is 0. The molecule has 0 saturated carbocycles. The van der Waals surface area contributed by atoms with Crippen LogP contribution in [-0.2, 0) is 4.74 Å². The minimum atomic E-state index is -1.12. The Morgan fingerprint density at radius 3 is 1.86 bits per heavy atom. The quantitative estimate of drug-likeness (QED) is 0.515. The minimum Gasteiger partial charge on any atom is -0.388 e. The van der Waals surface area contributed by atoms with E-state index in [9.17, 15) is 15.3 Å². The van der Waals surface area contributed by atoms with Crippen LogP contribution in [0.2, 0.25) is 0 Å². The Bertz CT molecular complexity index is 199. The van der Waals surface area contributed by atoms with Crippen molar-refractivity contribution < 1.29 is 20.1 Å². The molecule has 1 rings (SSSR count). The largest absolute Gasteiger partial charge is 0.388 e. The zero-order valence-corrected chi connectivity index (χ0v) is 9.14. The van der Waals surface area contributed by atoms with E-state index in [0.29, 0.717) is 0 Å². The Balaban J connectivity index is 2.81. The molecule has 4 heteroatoms. The number of hydrogen-bond donors (Lipinski definition) is 3. The molecule has 84 valence electrons. The average molecular weight is 204 g/mol. The van der Waals surface area contributed by atoms with Crippen LogP contribution in [-0.4, -0.2) is 45.8 Å². The van der Waals surface area contributed by atoms with Crippen LogP contribution in [0.4, 0.5) is 0 Å². The maximum absolute atomic E-state index is 9.73. The highest BCUT2D eigenvalue weighted by molar-refractivity contribution is 4.95. The van der Waals surface area contributed by atoms with Gasteiger partial charge >= 0.3 is 0 Å². The number of aliphatic hydroxyl groups is 3. The summed E-state index contributed by atoms with van der Waals surface area (Å²) in [5, 5.41) is 28.8. The molecule has 0 bridgehead atoms. The molecule has 4 nitrogen and oxygen atoms in total. The highest BCUT2D eigenvalue weighted by atomic mass is 16.5. The van der Waals surface area contributed by atoms with Crippen molar-refractivity contribution in [3.63, 3.8) is 0 Å². The van der Waals surface area contributed by atoms with Crippen LogP contribution < -0.4 is 0 Å². The second-order valence-electron chi connectivity index (χ2n) is 5.10. The fourth-order valence-corrected chi connectivity index (χ4v) is 1.77. The SMILES string of the molecule is C[C@@H]1O[C@@H](C(C)(C)C)C(O)C(O)C1O. The smallest absolute Gasteiger partial charge is 0.111 e. The van der Waals surface area contributed by atoms with Crippen molar-refractivity contribution in [1.82, 2.24) is 0 Å². The van der Waals surface area contributed by atoms with Gasteiger partial charge in [-0.3, -0.25) is 0 Å². The van der Waals surface area contributed by atoms with Crippen LogP contribution >= 0.6 is 0 Å². The van der Waals surface area contributed by atoms with Gasteiger partial charge in [0.15, 0.2) is 0 Å². The third-order valence-electron chi connectivity index (χ3n) is 2.71. The standard InChI is InChI=1S/C10H20O4/c1-5-6(11)7(12)8(13)9(14-5)10(2,3)4/h5-9,11-13H,1-4H3/t5-,6?,7?,8?,9+/m0/s1. The summed E-state index contributed by atoms with van der Waals surface area (Å²) >= 11 is 0. The Kier molecular flexibility index (Phi) is 3.21. The Morgan fingerprint density at radius 1 is 0.929 bits per heavy atom. The molecule has 3 N–H and O–H groups in total. The van der Waals surface area contributed by atoms with Crippen molar-refractivity contribution >= 4 is 0 Å². The first-order valence-corrected chi connectivity index (χ1v) is 4.95. The van der Waals surface area contributed by atoms with E-state index in [-0.39, 0.29) is 5.41 Å². The first-order chi connectivity index (χ1) is 6.25. The summed E-state index contributed by atoms with van der Waals surface area (Å²) in [5.74, 6) is 0. The molecule has 5 atom stereocenters. The van der Waals surface area contributed by atoms with Gasteiger partial charge in [0.2, 0.25) is 0 Å². The number of rotatable bonds is 0. The lowest BCUT2D eigenvalue weighted by atomic mass is 9.80. The first kappa shape index (κ1) is 11.9. The van der Waals surface area contributed by atoms with Crippen LogP contribution in [0.3, 0.4) is 0 Å². The summed E-state index contributed by atoms with van der Waals surface area (Å²) in [6.45, 7) is 7.48. The number of aliphatic hydroxyl groups excluding tert-OH is 3. The third kappa shape index (κ3) is 2.08. The predicted molar refractivity (Wildman–Crippen MR) is 51.8 cm³/mol. The van der Waals surface area contributed by atoms with Crippen molar-refractivity contribution in [2.75, 3.05) is 0 Å². The van der Waals surface area contributed by atoms with E-state index in [4.69, 9.17) is 4.74 Å². The zero-order chi connectivity index (χ0) is 11.1. The molecule has 3 unspecified atom stereocenters. The molecule has 0 aromatic carbocycles. The topological polar surface area (TPSA) is 69.9 Å². The van der Waals surface area contributed by atoms with Crippen LogP contribution in [0.5, 0.6) is 0 Å². The van der Waals surface area contributed by atoms with Gasteiger partial charge in [-0.05, 0) is 12.3 Å². The predicted octanol–water partition coefficient (Wildman–Crippen LogP) is -0.0975. The van der Waals surface area contributed by atoms with E-state index in [1.54, 1.807) is 6.92 Å². The monoisotopic (exact) mass is 204 g/mol. The lowest BCUT2D eigenvalue weighted by Gasteiger charge is -2.44. The highest BCUT2D eigenvalue weighted by Crippen LogP contribution is 2.32. The molecule has 0 spiro atoms. The molecule has 14 heavy (non-hydrogen) atoms. The molecular weight excluding hydrogens is 184 g/mol. The average Bonchev–Trinajstić information content (AvgIpc) is 2.06. The maximum atomic E-state index is 9.73. The van der Waals surface area contributed by atoms with Crippen LogP contribution in [0, 0.1) is 5.41 Å².